The monoisotopic (exact) mass is 333 g/mol. The van der Waals surface area contributed by atoms with E-state index in [-0.39, 0.29) is 18.7 Å². The Labute approximate surface area is 138 Å². The molecule has 2 aliphatic rings. The summed E-state index contributed by atoms with van der Waals surface area (Å²) in [5, 5.41) is 7.41. The number of halogens is 3. The first-order valence-corrected chi connectivity index (χ1v) is 7.72. The summed E-state index contributed by atoms with van der Waals surface area (Å²) in [5.74, 6) is -3.05. The number of rotatable bonds is 4. The Morgan fingerprint density at radius 2 is 2.17 bits per heavy atom. The fraction of sp³-hybridized carbons (Fsp3) is 0.333. The third-order valence-electron chi connectivity index (χ3n) is 4.34. The molecule has 3 rings (SSSR count). The molecule has 1 aromatic rings. The van der Waals surface area contributed by atoms with Crippen molar-refractivity contribution in [2.75, 3.05) is 6.54 Å². The van der Waals surface area contributed by atoms with Gasteiger partial charge in [0.1, 0.15) is 11.7 Å². The highest BCUT2D eigenvalue weighted by molar-refractivity contribution is 5.86. The Hall–Kier alpha value is -2.37. The van der Waals surface area contributed by atoms with Gasteiger partial charge in [-0.1, -0.05) is 12.1 Å². The minimum absolute atomic E-state index is 0.101. The molecule has 6 heteroatoms. The highest BCUT2D eigenvalue weighted by Gasteiger charge is 2.57. The molecule has 0 radical (unpaired) electrons. The molecule has 0 spiro atoms. The Bertz CT molecular complexity index is 750. The van der Waals surface area contributed by atoms with E-state index >= 15 is 0 Å². The Morgan fingerprint density at radius 3 is 2.71 bits per heavy atom. The van der Waals surface area contributed by atoms with Gasteiger partial charge in [-0.15, -0.1) is 5.10 Å². The van der Waals surface area contributed by atoms with Crippen LogP contribution in [0.1, 0.15) is 24.0 Å². The van der Waals surface area contributed by atoms with Gasteiger partial charge in [0.25, 0.3) is 5.92 Å². The van der Waals surface area contributed by atoms with Gasteiger partial charge in [0, 0.05) is 38.2 Å². The zero-order valence-electron chi connectivity index (χ0n) is 13.3. The van der Waals surface area contributed by atoms with E-state index in [4.69, 9.17) is 0 Å². The van der Waals surface area contributed by atoms with Gasteiger partial charge in [-0.05, 0) is 41.8 Å². The van der Waals surface area contributed by atoms with Crippen molar-refractivity contribution in [3.63, 3.8) is 0 Å². The zero-order chi connectivity index (χ0) is 17.3. The predicted octanol–water partition coefficient (Wildman–Crippen LogP) is 4.41. The maximum Gasteiger partial charge on any atom is 0.252 e. The molecule has 126 valence electrons. The number of aryl methyl sites for hydroxylation is 1. The highest BCUT2D eigenvalue weighted by Crippen LogP contribution is 2.51. The van der Waals surface area contributed by atoms with Crippen molar-refractivity contribution in [2.45, 2.75) is 25.7 Å². The lowest BCUT2D eigenvalue weighted by Gasteiger charge is -2.24. The molecule has 0 saturated heterocycles. The summed E-state index contributed by atoms with van der Waals surface area (Å²) in [6.45, 7) is 5.66. The van der Waals surface area contributed by atoms with Gasteiger partial charge in [-0.3, -0.25) is 0 Å². The number of nitrogens with zero attached hydrogens (tertiary/aromatic N) is 3. The maximum atomic E-state index is 13.2. The van der Waals surface area contributed by atoms with Gasteiger partial charge < -0.3 is 4.90 Å². The number of hydrogen-bond acceptors (Lipinski definition) is 2. The van der Waals surface area contributed by atoms with E-state index in [1.807, 2.05) is 19.1 Å². The molecule has 0 aromatic heterocycles. The maximum absolute atomic E-state index is 13.2. The molecule has 1 fully saturated rings. The zero-order valence-corrected chi connectivity index (χ0v) is 13.3. The Kier molecular flexibility index (Phi) is 4.30. The van der Waals surface area contributed by atoms with E-state index in [0.717, 1.165) is 16.7 Å². The fourth-order valence-corrected chi connectivity index (χ4v) is 2.85. The van der Waals surface area contributed by atoms with Crippen molar-refractivity contribution in [3.05, 3.63) is 53.5 Å². The van der Waals surface area contributed by atoms with Gasteiger partial charge >= 0.3 is 0 Å². The average molecular weight is 333 g/mol. The number of allylic oxidation sites excluding steroid dienone is 2. The van der Waals surface area contributed by atoms with E-state index < -0.39 is 11.8 Å². The summed E-state index contributed by atoms with van der Waals surface area (Å²) in [4.78, 5) is 1.78. The molecule has 3 nitrogen and oxygen atoms in total. The second kappa shape index (κ2) is 6.26. The van der Waals surface area contributed by atoms with Crippen LogP contribution in [0.4, 0.5) is 13.2 Å². The van der Waals surface area contributed by atoms with Crippen LogP contribution in [0.25, 0.3) is 5.57 Å². The molecule has 0 N–H and O–H groups in total. The SMILES string of the molecule is C=N/N=C(/CC1CC1(F)F)N1C=CC(c2ccc(F)cc2C)=CC1. The molecule has 1 saturated carbocycles. The third-order valence-corrected chi connectivity index (χ3v) is 4.34. The van der Waals surface area contributed by atoms with Crippen LogP contribution < -0.4 is 0 Å². The van der Waals surface area contributed by atoms with Crippen LogP contribution in [-0.2, 0) is 0 Å². The molecule has 1 unspecified atom stereocenters. The quantitative estimate of drug-likeness (QED) is 0.456. The van der Waals surface area contributed by atoms with Crippen LogP contribution in [0.15, 0.2) is 46.8 Å². The van der Waals surface area contributed by atoms with E-state index in [1.165, 1.54) is 12.1 Å². The smallest absolute Gasteiger partial charge is 0.252 e. The first-order valence-electron chi connectivity index (χ1n) is 7.72. The van der Waals surface area contributed by atoms with Gasteiger partial charge in [-0.25, -0.2) is 13.2 Å². The number of hydrogen-bond donors (Lipinski definition) is 0. The van der Waals surface area contributed by atoms with Crippen molar-refractivity contribution in [2.24, 2.45) is 16.1 Å². The molecule has 1 heterocycles. The summed E-state index contributed by atoms with van der Waals surface area (Å²) in [7, 11) is 0. The summed E-state index contributed by atoms with van der Waals surface area (Å²) in [6.07, 6.45) is 5.70. The minimum Gasteiger partial charge on any atom is -0.331 e. The van der Waals surface area contributed by atoms with Crippen molar-refractivity contribution in [3.8, 4) is 0 Å². The molecule has 0 amide bonds. The molecule has 1 aliphatic carbocycles. The topological polar surface area (TPSA) is 28.0 Å². The lowest BCUT2D eigenvalue weighted by atomic mass is 9.98. The van der Waals surface area contributed by atoms with Gasteiger partial charge in [0.15, 0.2) is 0 Å². The fourth-order valence-electron chi connectivity index (χ4n) is 2.85. The lowest BCUT2D eigenvalue weighted by Crippen LogP contribution is -2.28. The first-order chi connectivity index (χ1) is 11.4. The second-order valence-electron chi connectivity index (χ2n) is 6.11. The van der Waals surface area contributed by atoms with E-state index in [2.05, 4.69) is 16.9 Å². The van der Waals surface area contributed by atoms with Crippen LogP contribution in [-0.4, -0.2) is 29.9 Å². The standard InChI is InChI=1S/C18H18F3N3/c1-12-9-15(19)3-4-16(12)13-5-7-24(8-6-13)17(23-22-2)10-14-11-18(14,20)21/h3-7,9,14H,2,8,10-11H2,1H3/b23-17-. The number of benzene rings is 1. The summed E-state index contributed by atoms with van der Waals surface area (Å²) in [6, 6.07) is 4.65. The van der Waals surface area contributed by atoms with Crippen LogP contribution >= 0.6 is 0 Å². The van der Waals surface area contributed by atoms with E-state index in [1.54, 1.807) is 17.2 Å². The second-order valence-corrected chi connectivity index (χ2v) is 6.11. The summed E-state index contributed by atoms with van der Waals surface area (Å²) in [5.41, 5.74) is 2.76. The molecular weight excluding hydrogens is 315 g/mol. The molecular formula is C18H18F3N3. The van der Waals surface area contributed by atoms with Gasteiger partial charge in [0.2, 0.25) is 0 Å². The Balaban J connectivity index is 1.73. The molecule has 1 aliphatic heterocycles. The summed E-state index contributed by atoms with van der Waals surface area (Å²) < 4.78 is 39.5. The normalized spacial score (nSPS) is 22.3. The summed E-state index contributed by atoms with van der Waals surface area (Å²) >= 11 is 0. The number of alkyl halides is 2. The molecule has 0 bridgehead atoms. The first kappa shape index (κ1) is 16.5. The largest absolute Gasteiger partial charge is 0.331 e. The molecule has 1 atom stereocenters. The van der Waals surface area contributed by atoms with Crippen molar-refractivity contribution >= 4 is 18.1 Å². The minimum atomic E-state index is -2.59. The third kappa shape index (κ3) is 3.42. The van der Waals surface area contributed by atoms with Crippen LogP contribution in [0, 0.1) is 18.7 Å². The van der Waals surface area contributed by atoms with Crippen LogP contribution in [0.3, 0.4) is 0 Å². The predicted molar refractivity (Wildman–Crippen MR) is 89.6 cm³/mol. The molecule has 1 aromatic carbocycles. The van der Waals surface area contributed by atoms with Crippen LogP contribution in [0.2, 0.25) is 0 Å². The van der Waals surface area contributed by atoms with Crippen molar-refractivity contribution in [1.82, 2.24) is 4.90 Å². The van der Waals surface area contributed by atoms with E-state index in [9.17, 15) is 13.2 Å². The van der Waals surface area contributed by atoms with Gasteiger partial charge in [0.05, 0.1) is 0 Å². The van der Waals surface area contributed by atoms with E-state index in [0.29, 0.717) is 12.4 Å². The lowest BCUT2D eigenvalue weighted by molar-refractivity contribution is 0.0998. The van der Waals surface area contributed by atoms with Crippen LogP contribution in [0.5, 0.6) is 0 Å². The van der Waals surface area contributed by atoms with Gasteiger partial charge in [-0.2, -0.15) is 5.10 Å². The average Bonchev–Trinajstić information content (AvgIpc) is 3.14. The number of amidine groups is 1. The van der Waals surface area contributed by atoms with Crippen molar-refractivity contribution < 1.29 is 13.2 Å². The van der Waals surface area contributed by atoms with Crippen molar-refractivity contribution in [1.29, 1.82) is 0 Å². The Morgan fingerprint density at radius 1 is 1.42 bits per heavy atom. The molecule has 24 heavy (non-hydrogen) atoms. The highest BCUT2D eigenvalue weighted by atomic mass is 19.3.